The van der Waals surface area contributed by atoms with Gasteiger partial charge in [0.1, 0.15) is 5.65 Å². The van der Waals surface area contributed by atoms with Crippen LogP contribution in [0.1, 0.15) is 0 Å². The minimum Gasteiger partial charge on any atom is -0.345 e. The zero-order chi connectivity index (χ0) is 15.6. The third kappa shape index (κ3) is 2.80. The van der Waals surface area contributed by atoms with E-state index >= 15 is 0 Å². The summed E-state index contributed by atoms with van der Waals surface area (Å²) in [6.45, 7) is 0. The van der Waals surface area contributed by atoms with E-state index in [1.54, 1.807) is 12.4 Å². The summed E-state index contributed by atoms with van der Waals surface area (Å²) in [6, 6.07) is 13.7. The van der Waals surface area contributed by atoms with Crippen LogP contribution < -0.4 is 5.32 Å². The summed E-state index contributed by atoms with van der Waals surface area (Å²) in [4.78, 5) is 16.4. The van der Waals surface area contributed by atoms with Crippen molar-refractivity contribution in [2.24, 2.45) is 0 Å². The normalized spacial score (nSPS) is 10.8. The second-order valence-electron chi connectivity index (χ2n) is 5.00. The van der Waals surface area contributed by atoms with E-state index in [0.717, 1.165) is 32.5 Å². The number of hydrogen-bond donors (Lipinski definition) is 2. The van der Waals surface area contributed by atoms with Crippen molar-refractivity contribution >= 4 is 38.6 Å². The summed E-state index contributed by atoms with van der Waals surface area (Å²) in [7, 11) is 0. The largest absolute Gasteiger partial charge is 0.345 e. The van der Waals surface area contributed by atoms with Crippen molar-refractivity contribution in [1.82, 2.24) is 19.9 Å². The number of aromatic nitrogens is 4. The molecule has 5 nitrogen and oxygen atoms in total. The SMILES string of the molecule is Brc1ccc(Nc2nccc(-c3c[nH]c4ncccc34)n2)cc1. The molecule has 112 valence electrons. The summed E-state index contributed by atoms with van der Waals surface area (Å²) in [6.07, 6.45) is 5.44. The Morgan fingerprint density at radius 3 is 2.70 bits per heavy atom. The maximum absolute atomic E-state index is 4.60. The van der Waals surface area contributed by atoms with E-state index in [0.29, 0.717) is 5.95 Å². The minimum atomic E-state index is 0.558. The van der Waals surface area contributed by atoms with E-state index in [1.807, 2.05) is 48.7 Å². The van der Waals surface area contributed by atoms with Crippen LogP contribution in [0.4, 0.5) is 11.6 Å². The van der Waals surface area contributed by atoms with Crippen LogP contribution >= 0.6 is 15.9 Å². The molecular weight excluding hydrogens is 354 g/mol. The van der Waals surface area contributed by atoms with Crippen molar-refractivity contribution in [3.05, 3.63) is 65.5 Å². The van der Waals surface area contributed by atoms with Crippen LogP contribution in [-0.4, -0.2) is 19.9 Å². The van der Waals surface area contributed by atoms with Gasteiger partial charge in [-0.2, -0.15) is 0 Å². The van der Waals surface area contributed by atoms with Crippen LogP contribution in [0.2, 0.25) is 0 Å². The summed E-state index contributed by atoms with van der Waals surface area (Å²) >= 11 is 3.42. The Labute approximate surface area is 141 Å². The molecule has 2 N–H and O–H groups in total. The maximum atomic E-state index is 4.60. The molecule has 0 atom stereocenters. The average molecular weight is 366 g/mol. The topological polar surface area (TPSA) is 66.5 Å². The fourth-order valence-electron chi connectivity index (χ4n) is 2.40. The lowest BCUT2D eigenvalue weighted by molar-refractivity contribution is 1.17. The van der Waals surface area contributed by atoms with Crippen LogP contribution in [0.15, 0.2) is 65.5 Å². The van der Waals surface area contributed by atoms with Gasteiger partial charge in [0.15, 0.2) is 0 Å². The zero-order valence-corrected chi connectivity index (χ0v) is 13.6. The summed E-state index contributed by atoms with van der Waals surface area (Å²) in [5.41, 5.74) is 3.64. The molecule has 0 amide bonds. The highest BCUT2D eigenvalue weighted by atomic mass is 79.9. The van der Waals surface area contributed by atoms with Gasteiger partial charge in [-0.15, -0.1) is 0 Å². The fourth-order valence-corrected chi connectivity index (χ4v) is 2.66. The molecule has 0 fully saturated rings. The molecule has 0 radical (unpaired) electrons. The van der Waals surface area contributed by atoms with Crippen molar-refractivity contribution in [3.63, 3.8) is 0 Å². The highest BCUT2D eigenvalue weighted by Crippen LogP contribution is 2.26. The first-order valence-electron chi connectivity index (χ1n) is 7.08. The Morgan fingerprint density at radius 1 is 0.957 bits per heavy atom. The van der Waals surface area contributed by atoms with Gasteiger partial charge >= 0.3 is 0 Å². The van der Waals surface area contributed by atoms with E-state index in [1.165, 1.54) is 0 Å². The molecule has 0 saturated heterocycles. The summed E-state index contributed by atoms with van der Waals surface area (Å²) in [5.74, 6) is 0.558. The minimum absolute atomic E-state index is 0.558. The second kappa shape index (κ2) is 5.81. The van der Waals surface area contributed by atoms with E-state index in [-0.39, 0.29) is 0 Å². The number of nitrogens with one attached hydrogen (secondary N) is 2. The number of benzene rings is 1. The lowest BCUT2D eigenvalue weighted by Gasteiger charge is -2.06. The van der Waals surface area contributed by atoms with Gasteiger partial charge in [0.2, 0.25) is 5.95 Å². The number of pyridine rings is 1. The molecule has 0 bridgehead atoms. The molecule has 4 rings (SSSR count). The molecular formula is C17H12BrN5. The van der Waals surface area contributed by atoms with Gasteiger partial charge in [0, 0.05) is 39.7 Å². The Balaban J connectivity index is 1.70. The van der Waals surface area contributed by atoms with Crippen molar-refractivity contribution in [2.45, 2.75) is 0 Å². The molecule has 0 aliphatic rings. The predicted octanol–water partition coefficient (Wildman–Crippen LogP) is 4.53. The second-order valence-corrected chi connectivity index (χ2v) is 5.91. The number of hydrogen-bond acceptors (Lipinski definition) is 4. The van der Waals surface area contributed by atoms with Gasteiger partial charge in [-0.1, -0.05) is 15.9 Å². The highest BCUT2D eigenvalue weighted by molar-refractivity contribution is 9.10. The Morgan fingerprint density at radius 2 is 1.83 bits per heavy atom. The number of halogens is 1. The molecule has 1 aromatic carbocycles. The van der Waals surface area contributed by atoms with Gasteiger partial charge in [0.25, 0.3) is 0 Å². The number of rotatable bonds is 3. The average Bonchev–Trinajstić information content (AvgIpc) is 3.01. The van der Waals surface area contributed by atoms with Crippen LogP contribution in [0, 0.1) is 0 Å². The van der Waals surface area contributed by atoms with Crippen molar-refractivity contribution in [3.8, 4) is 11.3 Å². The molecule has 0 aliphatic carbocycles. The molecule has 0 saturated carbocycles. The Bertz CT molecular complexity index is 962. The number of nitrogens with zero attached hydrogens (tertiary/aromatic N) is 3. The Kier molecular flexibility index (Phi) is 3.51. The highest BCUT2D eigenvalue weighted by Gasteiger charge is 2.09. The molecule has 3 heterocycles. The Hall–Kier alpha value is -2.73. The molecule has 3 aromatic heterocycles. The van der Waals surface area contributed by atoms with E-state index in [9.17, 15) is 0 Å². The molecule has 0 aliphatic heterocycles. The zero-order valence-electron chi connectivity index (χ0n) is 12.0. The number of aromatic amines is 1. The smallest absolute Gasteiger partial charge is 0.227 e. The van der Waals surface area contributed by atoms with Crippen molar-refractivity contribution < 1.29 is 0 Å². The lowest BCUT2D eigenvalue weighted by Crippen LogP contribution is -1.97. The van der Waals surface area contributed by atoms with E-state index in [4.69, 9.17) is 0 Å². The van der Waals surface area contributed by atoms with Crippen LogP contribution in [0.5, 0.6) is 0 Å². The van der Waals surface area contributed by atoms with Crippen molar-refractivity contribution in [1.29, 1.82) is 0 Å². The molecule has 23 heavy (non-hydrogen) atoms. The first-order chi connectivity index (χ1) is 11.3. The van der Waals surface area contributed by atoms with E-state index in [2.05, 4.69) is 41.2 Å². The molecule has 0 spiro atoms. The maximum Gasteiger partial charge on any atom is 0.227 e. The predicted molar refractivity (Wildman–Crippen MR) is 94.5 cm³/mol. The third-order valence-electron chi connectivity index (χ3n) is 3.48. The summed E-state index contributed by atoms with van der Waals surface area (Å²) in [5, 5.41) is 4.26. The van der Waals surface area contributed by atoms with Gasteiger partial charge < -0.3 is 10.3 Å². The van der Waals surface area contributed by atoms with Crippen LogP contribution in [0.25, 0.3) is 22.3 Å². The molecule has 4 aromatic rings. The standard InChI is InChI=1S/C17H12BrN5/c18-11-3-5-12(6-4-11)22-17-20-9-7-15(23-17)14-10-21-16-13(14)2-1-8-19-16/h1-10H,(H,19,21)(H,20,22,23). The third-order valence-corrected chi connectivity index (χ3v) is 4.01. The van der Waals surface area contributed by atoms with Crippen LogP contribution in [-0.2, 0) is 0 Å². The number of fused-ring (bicyclic) bond motifs is 1. The number of anilines is 2. The van der Waals surface area contributed by atoms with Gasteiger partial charge in [0.05, 0.1) is 5.69 Å². The van der Waals surface area contributed by atoms with E-state index < -0.39 is 0 Å². The first-order valence-corrected chi connectivity index (χ1v) is 7.87. The fraction of sp³-hybridized carbons (Fsp3) is 0. The number of H-pyrrole nitrogens is 1. The van der Waals surface area contributed by atoms with Gasteiger partial charge in [-0.05, 0) is 42.5 Å². The molecule has 0 unspecified atom stereocenters. The van der Waals surface area contributed by atoms with Gasteiger partial charge in [-0.3, -0.25) is 0 Å². The first kappa shape index (κ1) is 13.9. The van der Waals surface area contributed by atoms with Crippen molar-refractivity contribution in [2.75, 3.05) is 5.32 Å². The lowest BCUT2D eigenvalue weighted by atomic mass is 10.1. The molecule has 6 heteroatoms. The monoisotopic (exact) mass is 365 g/mol. The van der Waals surface area contributed by atoms with Gasteiger partial charge in [-0.25, -0.2) is 15.0 Å². The van der Waals surface area contributed by atoms with Crippen LogP contribution in [0.3, 0.4) is 0 Å². The quantitative estimate of drug-likeness (QED) is 0.559. The summed E-state index contributed by atoms with van der Waals surface area (Å²) < 4.78 is 1.03.